The summed E-state index contributed by atoms with van der Waals surface area (Å²) in [5.41, 5.74) is 17.1. The van der Waals surface area contributed by atoms with E-state index in [1.54, 1.807) is 30.3 Å². The van der Waals surface area contributed by atoms with E-state index >= 15 is 0 Å². The van der Waals surface area contributed by atoms with Crippen molar-refractivity contribution >= 4 is 53.3 Å². The molecule has 0 aromatic heterocycles. The van der Waals surface area contributed by atoms with Crippen molar-refractivity contribution in [3.8, 4) is 0 Å². The van der Waals surface area contributed by atoms with E-state index in [2.05, 4.69) is 16.0 Å². The molecule has 0 spiro atoms. The molecule has 2 fully saturated rings. The Hall–Kier alpha value is -5.59. The maximum absolute atomic E-state index is 13.8. The number of benzene rings is 1. The molecular formula is C33H46N8O11. The average molecular weight is 731 g/mol. The summed E-state index contributed by atoms with van der Waals surface area (Å²) < 4.78 is 0. The Kier molecular flexibility index (Phi) is 15.0. The number of carbonyl (C=O) groups excluding carboxylic acids is 7. The molecule has 2 aliphatic rings. The standard InChI is InChI=1S/C33H46N8O11/c34-19(10-12-25(35)42)31(49)40-14-4-8-23(40)29(47)37-20(11-13-27(44)45)28(46)38-21(17-26(36)43)32(50)41-15-5-9-24(41)30(48)39-22(33(51)52)16-18-6-2-1-3-7-18/h1-3,6-7,19-24H,4-5,8-17,34H2,(H2,35,42)(H2,36,43)(H,37,47)(H,38,46)(H,39,48)(H,44,45)(H,51,52)/t19-,20-,21-,22-,23-,24-/m0/s1. The number of hydrogen-bond donors (Lipinski definition) is 8. The summed E-state index contributed by atoms with van der Waals surface area (Å²) in [4.78, 5) is 116. The van der Waals surface area contributed by atoms with Crippen LogP contribution in [0, 0.1) is 0 Å². The van der Waals surface area contributed by atoms with Crippen LogP contribution in [0.4, 0.5) is 0 Å². The van der Waals surface area contributed by atoms with Crippen LogP contribution in [0.1, 0.15) is 63.4 Å². The molecule has 0 bridgehead atoms. The highest BCUT2D eigenvalue weighted by Crippen LogP contribution is 2.22. The van der Waals surface area contributed by atoms with E-state index in [0.717, 1.165) is 4.90 Å². The zero-order valence-electron chi connectivity index (χ0n) is 28.5. The van der Waals surface area contributed by atoms with Crippen molar-refractivity contribution in [3.05, 3.63) is 35.9 Å². The molecule has 0 saturated carbocycles. The van der Waals surface area contributed by atoms with Crippen LogP contribution in [0.15, 0.2) is 30.3 Å². The molecule has 7 amide bonds. The second-order valence-corrected chi connectivity index (χ2v) is 12.8. The normalized spacial score (nSPS) is 19.1. The molecule has 11 N–H and O–H groups in total. The lowest BCUT2D eigenvalue weighted by Gasteiger charge is -2.31. The predicted molar refractivity (Wildman–Crippen MR) is 180 cm³/mol. The van der Waals surface area contributed by atoms with Gasteiger partial charge in [0.05, 0.1) is 12.5 Å². The van der Waals surface area contributed by atoms with Crippen LogP contribution in [0.25, 0.3) is 0 Å². The maximum atomic E-state index is 13.8. The number of hydrogen-bond acceptors (Lipinski definition) is 10. The first-order valence-corrected chi connectivity index (χ1v) is 16.9. The van der Waals surface area contributed by atoms with E-state index in [0.29, 0.717) is 18.4 Å². The van der Waals surface area contributed by atoms with Crippen LogP contribution in [0.5, 0.6) is 0 Å². The van der Waals surface area contributed by atoms with E-state index in [-0.39, 0.29) is 45.2 Å². The van der Waals surface area contributed by atoms with Crippen molar-refractivity contribution < 1.29 is 53.4 Å². The molecule has 52 heavy (non-hydrogen) atoms. The number of primary amides is 2. The zero-order valence-corrected chi connectivity index (χ0v) is 28.5. The summed E-state index contributed by atoms with van der Waals surface area (Å²) in [6, 6.07) is 0.765. The predicted octanol–water partition coefficient (Wildman–Crippen LogP) is -2.92. The SMILES string of the molecule is NC(=O)CC[C@H](N)C(=O)N1CCC[C@H]1C(=O)N[C@@H](CCC(=O)O)C(=O)N[C@@H](CC(N)=O)C(=O)N1CCC[C@H]1C(=O)N[C@@H](Cc1ccccc1)C(=O)O. The monoisotopic (exact) mass is 730 g/mol. The van der Waals surface area contributed by atoms with Gasteiger partial charge in [0.15, 0.2) is 0 Å². The lowest BCUT2D eigenvalue weighted by molar-refractivity contribution is -0.145. The van der Waals surface area contributed by atoms with Gasteiger partial charge in [-0.25, -0.2) is 4.79 Å². The number of nitrogens with one attached hydrogen (secondary N) is 3. The number of aliphatic carboxylic acids is 2. The average Bonchev–Trinajstić information content (AvgIpc) is 3.79. The molecule has 1 aromatic carbocycles. The lowest BCUT2D eigenvalue weighted by Crippen LogP contribution is -2.59. The molecule has 2 saturated heterocycles. The summed E-state index contributed by atoms with van der Waals surface area (Å²) in [6.07, 6.45) is -0.845. The van der Waals surface area contributed by atoms with E-state index in [9.17, 15) is 53.4 Å². The van der Waals surface area contributed by atoms with E-state index in [1.165, 1.54) is 4.90 Å². The first-order valence-electron chi connectivity index (χ1n) is 16.9. The number of carboxylic acids is 2. The summed E-state index contributed by atoms with van der Waals surface area (Å²) in [6.45, 7) is 0.192. The van der Waals surface area contributed by atoms with Gasteiger partial charge in [-0.3, -0.25) is 38.4 Å². The molecule has 284 valence electrons. The second-order valence-electron chi connectivity index (χ2n) is 12.8. The fraction of sp³-hybridized carbons (Fsp3) is 0.545. The highest BCUT2D eigenvalue weighted by Gasteiger charge is 2.41. The Labute approximate surface area is 299 Å². The first-order chi connectivity index (χ1) is 24.6. The number of carboxylic acid groups (broad SMARTS) is 2. The third kappa shape index (κ3) is 11.7. The number of nitrogens with zero attached hydrogens (tertiary/aromatic N) is 2. The highest BCUT2D eigenvalue weighted by molar-refractivity contribution is 5.98. The molecule has 2 aliphatic heterocycles. The van der Waals surface area contributed by atoms with Gasteiger partial charge < -0.3 is 53.2 Å². The lowest BCUT2D eigenvalue weighted by atomic mass is 10.0. The summed E-state index contributed by atoms with van der Waals surface area (Å²) >= 11 is 0. The Morgan fingerprint density at radius 1 is 0.712 bits per heavy atom. The van der Waals surface area contributed by atoms with Crippen molar-refractivity contribution in [3.63, 3.8) is 0 Å². The molecule has 3 rings (SSSR count). The number of carbonyl (C=O) groups is 9. The van der Waals surface area contributed by atoms with Gasteiger partial charge in [-0.15, -0.1) is 0 Å². The van der Waals surface area contributed by atoms with E-state index in [1.807, 2.05) is 0 Å². The first kappa shape index (κ1) is 40.8. The van der Waals surface area contributed by atoms with Gasteiger partial charge in [0.25, 0.3) is 0 Å². The fourth-order valence-electron chi connectivity index (χ4n) is 6.24. The van der Waals surface area contributed by atoms with Crippen LogP contribution in [0.2, 0.25) is 0 Å². The summed E-state index contributed by atoms with van der Waals surface area (Å²) in [7, 11) is 0. The summed E-state index contributed by atoms with van der Waals surface area (Å²) in [5, 5.41) is 26.3. The molecule has 0 unspecified atom stereocenters. The van der Waals surface area contributed by atoms with Gasteiger partial charge in [0.1, 0.15) is 30.2 Å². The molecule has 1 aromatic rings. The highest BCUT2D eigenvalue weighted by atomic mass is 16.4. The van der Waals surface area contributed by atoms with Gasteiger partial charge in [-0.05, 0) is 44.1 Å². The molecular weight excluding hydrogens is 684 g/mol. The smallest absolute Gasteiger partial charge is 0.326 e. The largest absolute Gasteiger partial charge is 0.481 e. The van der Waals surface area contributed by atoms with Crippen molar-refractivity contribution in [2.45, 2.75) is 100 Å². The zero-order chi connectivity index (χ0) is 38.5. The van der Waals surface area contributed by atoms with E-state index < -0.39 is 109 Å². The van der Waals surface area contributed by atoms with Gasteiger partial charge in [-0.1, -0.05) is 30.3 Å². The van der Waals surface area contributed by atoms with Crippen molar-refractivity contribution in [1.82, 2.24) is 25.8 Å². The quantitative estimate of drug-likeness (QED) is 0.0710. The van der Waals surface area contributed by atoms with Crippen LogP contribution in [-0.4, -0.2) is 123 Å². The van der Waals surface area contributed by atoms with Crippen molar-refractivity contribution in [2.24, 2.45) is 17.2 Å². The molecule has 0 radical (unpaired) electrons. The van der Waals surface area contributed by atoms with Crippen molar-refractivity contribution in [1.29, 1.82) is 0 Å². The van der Waals surface area contributed by atoms with Gasteiger partial charge >= 0.3 is 11.9 Å². The number of amides is 7. The minimum Gasteiger partial charge on any atom is -0.481 e. The van der Waals surface area contributed by atoms with Crippen LogP contribution in [-0.2, 0) is 49.6 Å². The number of rotatable bonds is 19. The molecule has 19 nitrogen and oxygen atoms in total. The Morgan fingerprint density at radius 2 is 1.27 bits per heavy atom. The topological polar surface area (TPSA) is 315 Å². The Morgan fingerprint density at radius 3 is 1.79 bits per heavy atom. The van der Waals surface area contributed by atoms with Gasteiger partial charge in [-0.2, -0.15) is 0 Å². The minimum absolute atomic E-state index is 0.0265. The van der Waals surface area contributed by atoms with Gasteiger partial charge in [0.2, 0.25) is 41.4 Å². The fourth-order valence-corrected chi connectivity index (χ4v) is 6.24. The van der Waals surface area contributed by atoms with Crippen LogP contribution in [0.3, 0.4) is 0 Å². The maximum Gasteiger partial charge on any atom is 0.326 e. The van der Waals surface area contributed by atoms with E-state index in [4.69, 9.17) is 17.2 Å². The molecule has 6 atom stereocenters. The minimum atomic E-state index is -1.63. The van der Waals surface area contributed by atoms with Crippen molar-refractivity contribution in [2.75, 3.05) is 13.1 Å². The number of likely N-dealkylation sites (tertiary alicyclic amines) is 2. The van der Waals surface area contributed by atoms with Crippen LogP contribution >= 0.6 is 0 Å². The summed E-state index contributed by atoms with van der Waals surface area (Å²) in [5.74, 6) is -8.31. The molecule has 0 aliphatic carbocycles. The Bertz CT molecular complexity index is 1520. The number of nitrogens with two attached hydrogens (primary N) is 3. The molecule has 2 heterocycles. The third-order valence-electron chi connectivity index (χ3n) is 8.89. The second kappa shape index (κ2) is 19.1. The molecule has 19 heteroatoms. The van der Waals surface area contributed by atoms with Crippen LogP contribution < -0.4 is 33.2 Å². The Balaban J connectivity index is 1.75. The van der Waals surface area contributed by atoms with Gasteiger partial charge in [0, 0.05) is 32.4 Å². The third-order valence-corrected chi connectivity index (χ3v) is 8.89.